The molecule has 3 amide bonds. The molecular weight excluding hydrogens is 362 g/mol. The highest BCUT2D eigenvalue weighted by Crippen LogP contribution is 2.35. The number of para-hydroxylation sites is 1. The van der Waals surface area contributed by atoms with Crippen molar-refractivity contribution in [3.63, 3.8) is 0 Å². The molecule has 3 atom stereocenters. The number of hydrogen-bond acceptors (Lipinski definition) is 2. The third-order valence-corrected chi connectivity index (χ3v) is 6.32. The van der Waals surface area contributed by atoms with Crippen molar-refractivity contribution >= 4 is 17.6 Å². The number of hydrogen-bond donors (Lipinski definition) is 2. The first-order chi connectivity index (χ1) is 14.0. The summed E-state index contributed by atoms with van der Waals surface area (Å²) in [6.45, 7) is 3.96. The zero-order valence-corrected chi connectivity index (χ0v) is 17.2. The second-order valence-electron chi connectivity index (χ2n) is 8.35. The van der Waals surface area contributed by atoms with E-state index in [9.17, 15) is 9.59 Å². The molecule has 1 unspecified atom stereocenters. The molecule has 0 radical (unpaired) electrons. The van der Waals surface area contributed by atoms with Gasteiger partial charge in [-0.2, -0.15) is 0 Å². The van der Waals surface area contributed by atoms with Crippen LogP contribution in [0.3, 0.4) is 0 Å². The molecule has 0 spiro atoms. The predicted octanol–water partition coefficient (Wildman–Crippen LogP) is 4.65. The van der Waals surface area contributed by atoms with E-state index in [4.69, 9.17) is 0 Å². The van der Waals surface area contributed by atoms with Crippen LogP contribution in [-0.4, -0.2) is 35.0 Å². The van der Waals surface area contributed by atoms with E-state index in [0.717, 1.165) is 54.5 Å². The van der Waals surface area contributed by atoms with Gasteiger partial charge in [0.15, 0.2) is 0 Å². The predicted molar refractivity (Wildman–Crippen MR) is 115 cm³/mol. The van der Waals surface area contributed by atoms with Gasteiger partial charge in [-0.1, -0.05) is 36.4 Å². The van der Waals surface area contributed by atoms with Crippen molar-refractivity contribution in [2.75, 3.05) is 5.32 Å². The number of amides is 3. The number of nitrogens with zero attached hydrogens (tertiary/aromatic N) is 1. The molecule has 0 aromatic heterocycles. The lowest BCUT2D eigenvalue weighted by Crippen LogP contribution is -2.59. The van der Waals surface area contributed by atoms with Gasteiger partial charge in [-0.05, 0) is 69.2 Å². The van der Waals surface area contributed by atoms with Crippen LogP contribution >= 0.6 is 0 Å². The average Bonchev–Trinajstić information content (AvgIpc) is 2.69. The van der Waals surface area contributed by atoms with Crippen LogP contribution in [0.1, 0.15) is 53.6 Å². The summed E-state index contributed by atoms with van der Waals surface area (Å²) in [7, 11) is 0. The van der Waals surface area contributed by atoms with Gasteiger partial charge in [0, 0.05) is 29.4 Å². The highest BCUT2D eigenvalue weighted by Gasteiger charge is 2.41. The fourth-order valence-electron chi connectivity index (χ4n) is 4.81. The van der Waals surface area contributed by atoms with Crippen molar-refractivity contribution in [3.05, 3.63) is 65.2 Å². The molecule has 2 aromatic carbocycles. The van der Waals surface area contributed by atoms with Crippen LogP contribution in [0.15, 0.2) is 48.5 Å². The molecule has 4 rings (SSSR count). The number of benzene rings is 2. The third kappa shape index (κ3) is 4.14. The van der Waals surface area contributed by atoms with Crippen LogP contribution in [0.25, 0.3) is 0 Å². The van der Waals surface area contributed by atoms with Crippen molar-refractivity contribution in [1.29, 1.82) is 0 Å². The van der Waals surface area contributed by atoms with E-state index in [-0.39, 0.29) is 30.1 Å². The van der Waals surface area contributed by atoms with Gasteiger partial charge in [0.2, 0.25) is 0 Å². The van der Waals surface area contributed by atoms with E-state index in [2.05, 4.69) is 10.6 Å². The number of fused-ring (bicyclic) bond motifs is 2. The molecule has 2 saturated heterocycles. The molecule has 152 valence electrons. The van der Waals surface area contributed by atoms with Gasteiger partial charge in [-0.15, -0.1) is 0 Å². The minimum Gasteiger partial charge on any atom is -0.349 e. The van der Waals surface area contributed by atoms with Crippen molar-refractivity contribution in [3.8, 4) is 0 Å². The maximum atomic E-state index is 13.1. The quantitative estimate of drug-likeness (QED) is 0.800. The highest BCUT2D eigenvalue weighted by molar-refractivity contribution is 5.96. The van der Waals surface area contributed by atoms with E-state index >= 15 is 0 Å². The molecule has 2 N–H and O–H groups in total. The van der Waals surface area contributed by atoms with Crippen LogP contribution in [0.5, 0.6) is 0 Å². The van der Waals surface area contributed by atoms with E-state index < -0.39 is 0 Å². The average molecular weight is 392 g/mol. The van der Waals surface area contributed by atoms with Gasteiger partial charge in [0.05, 0.1) is 0 Å². The largest absolute Gasteiger partial charge is 0.349 e. The Hall–Kier alpha value is -2.82. The Morgan fingerprint density at radius 2 is 1.52 bits per heavy atom. The minimum atomic E-state index is -0.0160. The van der Waals surface area contributed by atoms with Crippen LogP contribution in [0.4, 0.5) is 10.5 Å². The lowest BCUT2D eigenvalue weighted by Gasteiger charge is -2.48. The Kier molecular flexibility index (Phi) is 5.56. The lowest BCUT2D eigenvalue weighted by molar-refractivity contribution is 0.0577. The van der Waals surface area contributed by atoms with Crippen LogP contribution in [0.2, 0.25) is 0 Å². The first kappa shape index (κ1) is 19.5. The molecule has 0 saturated carbocycles. The summed E-state index contributed by atoms with van der Waals surface area (Å²) in [5.41, 5.74) is 3.65. The Labute approximate surface area is 172 Å². The summed E-state index contributed by atoms with van der Waals surface area (Å²) in [5, 5.41) is 6.32. The van der Waals surface area contributed by atoms with Crippen LogP contribution in [-0.2, 0) is 0 Å². The van der Waals surface area contributed by atoms with Crippen molar-refractivity contribution < 1.29 is 9.59 Å². The fourth-order valence-corrected chi connectivity index (χ4v) is 4.81. The molecule has 2 bridgehead atoms. The molecule has 2 heterocycles. The summed E-state index contributed by atoms with van der Waals surface area (Å²) in [4.78, 5) is 27.8. The summed E-state index contributed by atoms with van der Waals surface area (Å²) >= 11 is 0. The smallest absolute Gasteiger partial charge is 0.322 e. The van der Waals surface area contributed by atoms with Gasteiger partial charge in [-0.3, -0.25) is 4.79 Å². The number of urea groups is 1. The number of carbonyl (C=O) groups excluding carboxylic acids is 2. The summed E-state index contributed by atoms with van der Waals surface area (Å²) < 4.78 is 0. The SMILES string of the molecule is Cc1ccccc1NC(=O)N1[C@@H]2CCC[C@H]1CC(NC(=O)c1ccccc1C)C2. The normalized spacial score (nSPS) is 23.4. The standard InChI is InChI=1S/C24H29N3O2/c1-16-8-3-5-12-21(16)23(28)25-18-14-19-10-7-11-20(15-18)27(19)24(29)26-22-13-6-4-9-17(22)2/h3-6,8-9,12-13,18-20H,7,10-11,14-15H2,1-2H3,(H,25,28)(H,26,29)/t18?,19-,20+. The van der Waals surface area contributed by atoms with E-state index in [1.165, 1.54) is 0 Å². The molecule has 5 nitrogen and oxygen atoms in total. The molecule has 2 fully saturated rings. The van der Waals surface area contributed by atoms with Crippen LogP contribution in [0, 0.1) is 13.8 Å². The molecule has 2 aliphatic heterocycles. The highest BCUT2D eigenvalue weighted by atomic mass is 16.2. The van der Waals surface area contributed by atoms with Gasteiger partial charge in [-0.25, -0.2) is 4.79 Å². The van der Waals surface area contributed by atoms with Crippen molar-refractivity contribution in [2.45, 2.75) is 64.1 Å². The topological polar surface area (TPSA) is 61.4 Å². The monoisotopic (exact) mass is 391 g/mol. The van der Waals surface area contributed by atoms with Crippen LogP contribution < -0.4 is 10.6 Å². The maximum Gasteiger partial charge on any atom is 0.322 e. The molecular formula is C24H29N3O2. The Morgan fingerprint density at radius 1 is 0.897 bits per heavy atom. The second kappa shape index (κ2) is 8.27. The molecule has 2 aliphatic rings. The first-order valence-corrected chi connectivity index (χ1v) is 10.5. The van der Waals surface area contributed by atoms with E-state index in [1.807, 2.05) is 67.3 Å². The maximum absolute atomic E-state index is 13.1. The third-order valence-electron chi connectivity index (χ3n) is 6.32. The number of nitrogens with one attached hydrogen (secondary N) is 2. The summed E-state index contributed by atoms with van der Waals surface area (Å²) in [5.74, 6) is -0.0102. The van der Waals surface area contributed by atoms with E-state index in [1.54, 1.807) is 0 Å². The molecule has 0 aliphatic carbocycles. The number of anilines is 1. The van der Waals surface area contributed by atoms with Crippen molar-refractivity contribution in [2.24, 2.45) is 0 Å². The molecule has 2 aromatic rings. The Morgan fingerprint density at radius 3 is 2.17 bits per heavy atom. The number of carbonyl (C=O) groups is 2. The second-order valence-corrected chi connectivity index (χ2v) is 8.35. The Balaban J connectivity index is 1.44. The minimum absolute atomic E-state index is 0.0102. The number of aryl methyl sites for hydroxylation is 2. The van der Waals surface area contributed by atoms with Gasteiger partial charge in [0.25, 0.3) is 5.91 Å². The molecule has 29 heavy (non-hydrogen) atoms. The van der Waals surface area contributed by atoms with Gasteiger partial charge in [0.1, 0.15) is 0 Å². The number of piperidine rings is 2. The fraction of sp³-hybridized carbons (Fsp3) is 0.417. The van der Waals surface area contributed by atoms with Gasteiger partial charge < -0.3 is 15.5 Å². The van der Waals surface area contributed by atoms with Gasteiger partial charge >= 0.3 is 6.03 Å². The summed E-state index contributed by atoms with van der Waals surface area (Å²) in [6, 6.07) is 16.0. The first-order valence-electron chi connectivity index (χ1n) is 10.5. The van der Waals surface area contributed by atoms with Crippen molar-refractivity contribution in [1.82, 2.24) is 10.2 Å². The summed E-state index contributed by atoms with van der Waals surface area (Å²) in [6.07, 6.45) is 4.76. The zero-order chi connectivity index (χ0) is 20.4. The van der Waals surface area contributed by atoms with E-state index in [0.29, 0.717) is 0 Å². The zero-order valence-electron chi connectivity index (χ0n) is 17.2. The Bertz CT molecular complexity index is 897. The molecule has 5 heteroatoms. The lowest BCUT2D eigenvalue weighted by atomic mass is 9.82. The number of rotatable bonds is 3.